The number of methoxy groups -OCH3 is 1. The zero-order valence-corrected chi connectivity index (χ0v) is 23.5. The molecule has 38 heavy (non-hydrogen) atoms. The van der Waals surface area contributed by atoms with Gasteiger partial charge in [0.05, 0.1) is 37.1 Å². The summed E-state index contributed by atoms with van der Waals surface area (Å²) in [4.78, 5) is 15.9. The highest BCUT2D eigenvalue weighted by Crippen LogP contribution is 2.28. The number of hydrogen-bond donors (Lipinski definition) is 3. The first-order valence-electron chi connectivity index (χ1n) is 12.6. The van der Waals surface area contributed by atoms with Crippen LogP contribution in [-0.4, -0.2) is 54.6 Å². The van der Waals surface area contributed by atoms with Gasteiger partial charge < -0.3 is 25.0 Å². The molecular formula is C30H41FN2O5. The number of aryl methyl sites for hydroxylation is 2. The Morgan fingerprint density at radius 3 is 2.24 bits per heavy atom. The second kappa shape index (κ2) is 16.4. The minimum atomic E-state index is -0.691. The molecule has 1 unspecified atom stereocenters. The molecule has 0 saturated carbocycles. The number of aliphatic hydroxyl groups is 2. The molecular weight excluding hydrogens is 487 g/mol. The molecule has 0 aliphatic heterocycles. The maximum Gasteiger partial charge on any atom is 0.216 e. The summed E-state index contributed by atoms with van der Waals surface area (Å²) in [6.45, 7) is 11.4. The second-order valence-electron chi connectivity index (χ2n) is 8.68. The van der Waals surface area contributed by atoms with Crippen LogP contribution in [-0.2, 0) is 10.2 Å². The van der Waals surface area contributed by atoms with Crippen molar-refractivity contribution in [1.29, 1.82) is 0 Å². The number of nitrogens with one attached hydrogen (secondary N) is 1. The molecule has 1 heterocycles. The summed E-state index contributed by atoms with van der Waals surface area (Å²) in [6, 6.07) is 16.0. The van der Waals surface area contributed by atoms with Gasteiger partial charge in [0.1, 0.15) is 12.4 Å². The first-order chi connectivity index (χ1) is 18.1. The van der Waals surface area contributed by atoms with Gasteiger partial charge in [-0.25, -0.2) is 4.39 Å². The average molecular weight is 529 g/mol. The Hall–Kier alpha value is -3.49. The van der Waals surface area contributed by atoms with Crippen LogP contribution in [0.5, 0.6) is 11.5 Å². The molecule has 0 fully saturated rings. The molecule has 0 spiro atoms. The SMILES string of the molecule is CC.CC(=O)NCC(C)(CO)c1ccc(C)c(-c2ccc(F)c(C)c2)n1.COc1ccccc1OCCO. The van der Waals surface area contributed by atoms with Crippen molar-refractivity contribution < 1.29 is 28.9 Å². The summed E-state index contributed by atoms with van der Waals surface area (Å²) < 4.78 is 23.8. The fraction of sp³-hybridized carbons (Fsp3) is 0.400. The summed E-state index contributed by atoms with van der Waals surface area (Å²) in [5.74, 6) is 0.939. The second-order valence-corrected chi connectivity index (χ2v) is 8.68. The molecule has 0 aliphatic rings. The number of carbonyl (C=O) groups excluding carboxylic acids is 1. The lowest BCUT2D eigenvalue weighted by Gasteiger charge is -2.27. The Morgan fingerprint density at radius 1 is 1.03 bits per heavy atom. The van der Waals surface area contributed by atoms with E-state index in [2.05, 4.69) is 5.32 Å². The lowest BCUT2D eigenvalue weighted by atomic mass is 9.86. The Balaban J connectivity index is 0.000000432. The fourth-order valence-corrected chi connectivity index (χ4v) is 3.39. The minimum absolute atomic E-state index is 0.0120. The summed E-state index contributed by atoms with van der Waals surface area (Å²) in [5, 5.41) is 21.1. The van der Waals surface area contributed by atoms with Crippen LogP contribution in [0.4, 0.5) is 4.39 Å². The molecule has 3 aromatic rings. The van der Waals surface area contributed by atoms with Gasteiger partial charge >= 0.3 is 0 Å². The molecule has 3 rings (SSSR count). The number of benzene rings is 2. The highest BCUT2D eigenvalue weighted by atomic mass is 19.1. The number of hydrogen-bond acceptors (Lipinski definition) is 6. The van der Waals surface area contributed by atoms with E-state index < -0.39 is 5.41 Å². The van der Waals surface area contributed by atoms with Gasteiger partial charge in [-0.1, -0.05) is 39.0 Å². The number of rotatable bonds is 9. The van der Waals surface area contributed by atoms with Crippen molar-refractivity contribution in [2.75, 3.05) is 33.5 Å². The van der Waals surface area contributed by atoms with Crippen molar-refractivity contribution in [2.45, 2.75) is 47.0 Å². The lowest BCUT2D eigenvalue weighted by Crippen LogP contribution is -2.41. The number of pyridine rings is 1. The van der Waals surface area contributed by atoms with Crippen LogP contribution in [0.25, 0.3) is 11.3 Å². The topological polar surface area (TPSA) is 101 Å². The quantitative estimate of drug-likeness (QED) is 0.362. The van der Waals surface area contributed by atoms with E-state index in [1.807, 2.05) is 58.0 Å². The Kier molecular flexibility index (Phi) is 14.0. The fourth-order valence-electron chi connectivity index (χ4n) is 3.39. The highest BCUT2D eigenvalue weighted by molar-refractivity contribution is 5.73. The number of halogens is 1. The summed E-state index contributed by atoms with van der Waals surface area (Å²) in [6.07, 6.45) is 0. The van der Waals surface area contributed by atoms with E-state index in [0.717, 1.165) is 16.8 Å². The average Bonchev–Trinajstić information content (AvgIpc) is 2.94. The lowest BCUT2D eigenvalue weighted by molar-refractivity contribution is -0.119. The summed E-state index contributed by atoms with van der Waals surface area (Å²) >= 11 is 0. The van der Waals surface area contributed by atoms with Crippen molar-refractivity contribution in [3.05, 3.63) is 77.2 Å². The highest BCUT2D eigenvalue weighted by Gasteiger charge is 2.28. The van der Waals surface area contributed by atoms with Gasteiger partial charge in [-0.2, -0.15) is 0 Å². The van der Waals surface area contributed by atoms with Crippen molar-refractivity contribution in [1.82, 2.24) is 10.3 Å². The number of ether oxygens (including phenoxy) is 2. The summed E-state index contributed by atoms with van der Waals surface area (Å²) in [5.41, 5.74) is 3.09. The maximum absolute atomic E-state index is 13.5. The molecule has 1 aromatic heterocycles. The van der Waals surface area contributed by atoms with E-state index in [1.54, 1.807) is 32.2 Å². The van der Waals surface area contributed by atoms with Crippen molar-refractivity contribution in [3.8, 4) is 22.8 Å². The zero-order chi connectivity index (χ0) is 28.7. The number of carbonyl (C=O) groups is 1. The van der Waals surface area contributed by atoms with Crippen molar-refractivity contribution in [3.63, 3.8) is 0 Å². The third-order valence-electron chi connectivity index (χ3n) is 5.64. The summed E-state index contributed by atoms with van der Waals surface area (Å²) in [7, 11) is 1.58. The third-order valence-corrected chi connectivity index (χ3v) is 5.64. The first kappa shape index (κ1) is 32.5. The molecule has 0 bridgehead atoms. The van der Waals surface area contributed by atoms with Gasteiger partial charge in [0.25, 0.3) is 0 Å². The molecule has 3 N–H and O–H groups in total. The van der Waals surface area contributed by atoms with Crippen LogP contribution >= 0.6 is 0 Å². The number of aromatic nitrogens is 1. The Labute approximate surface area is 225 Å². The van der Waals surface area contributed by atoms with Crippen LogP contribution < -0.4 is 14.8 Å². The van der Waals surface area contributed by atoms with Gasteiger partial charge in [-0.05, 0) is 61.4 Å². The van der Waals surface area contributed by atoms with Crippen LogP contribution in [0.2, 0.25) is 0 Å². The van der Waals surface area contributed by atoms with Crippen molar-refractivity contribution >= 4 is 5.91 Å². The molecule has 1 atom stereocenters. The van der Waals surface area contributed by atoms with Crippen LogP contribution in [0.1, 0.15) is 44.5 Å². The monoisotopic (exact) mass is 528 g/mol. The smallest absolute Gasteiger partial charge is 0.216 e. The predicted octanol–water partition coefficient (Wildman–Crippen LogP) is 4.98. The Morgan fingerprint density at radius 2 is 1.68 bits per heavy atom. The van der Waals surface area contributed by atoms with E-state index in [1.165, 1.54) is 13.0 Å². The van der Waals surface area contributed by atoms with Gasteiger partial charge in [0.15, 0.2) is 11.5 Å². The molecule has 1 amide bonds. The molecule has 0 saturated heterocycles. The number of para-hydroxylation sites is 2. The van der Waals surface area contributed by atoms with Crippen LogP contribution in [0, 0.1) is 19.7 Å². The first-order valence-corrected chi connectivity index (χ1v) is 12.6. The number of amides is 1. The van der Waals surface area contributed by atoms with Crippen molar-refractivity contribution in [2.24, 2.45) is 0 Å². The minimum Gasteiger partial charge on any atom is -0.493 e. The third kappa shape index (κ3) is 9.43. The molecule has 8 heteroatoms. The zero-order valence-electron chi connectivity index (χ0n) is 23.5. The largest absolute Gasteiger partial charge is 0.493 e. The van der Waals surface area contributed by atoms with Gasteiger partial charge in [-0.3, -0.25) is 9.78 Å². The van der Waals surface area contributed by atoms with E-state index in [-0.39, 0.29) is 31.5 Å². The predicted molar refractivity (Wildman–Crippen MR) is 149 cm³/mol. The normalized spacial score (nSPS) is 11.6. The van der Waals surface area contributed by atoms with E-state index >= 15 is 0 Å². The molecule has 7 nitrogen and oxygen atoms in total. The number of nitrogens with zero attached hydrogens (tertiary/aromatic N) is 1. The molecule has 0 aliphatic carbocycles. The van der Waals surface area contributed by atoms with E-state index in [9.17, 15) is 14.3 Å². The molecule has 208 valence electrons. The Bertz CT molecular complexity index is 1160. The molecule has 0 radical (unpaired) electrons. The van der Waals surface area contributed by atoms with Gasteiger partial charge in [-0.15, -0.1) is 0 Å². The standard InChI is InChI=1S/C19H23FN2O2.C9H12O3.C2H6/c1-12-5-8-17(19(4,11-23)10-21-14(3)24)22-18(12)15-6-7-16(20)13(2)9-15;1-11-8-4-2-3-5-9(8)12-7-6-10;1-2/h5-9,23H,10-11H2,1-4H3,(H,21,24);2-5,10H,6-7H2,1H3;1-2H3. The molecule has 2 aromatic carbocycles. The number of aliphatic hydroxyl groups excluding tert-OH is 2. The van der Waals surface area contributed by atoms with Gasteiger partial charge in [0, 0.05) is 19.0 Å². The maximum atomic E-state index is 13.5. The van der Waals surface area contributed by atoms with Gasteiger partial charge in [0.2, 0.25) is 5.91 Å². The van der Waals surface area contributed by atoms with Crippen LogP contribution in [0.3, 0.4) is 0 Å². The van der Waals surface area contributed by atoms with E-state index in [4.69, 9.17) is 19.6 Å². The van der Waals surface area contributed by atoms with Crippen LogP contribution in [0.15, 0.2) is 54.6 Å². The van der Waals surface area contributed by atoms with E-state index in [0.29, 0.717) is 29.4 Å².